The molecule has 2 aromatic carbocycles. The topological polar surface area (TPSA) is 59.6 Å². The van der Waals surface area contributed by atoms with Crippen molar-refractivity contribution in [1.82, 2.24) is 10.6 Å². The Morgan fingerprint density at radius 2 is 1.78 bits per heavy atom. The van der Waals surface area contributed by atoms with Crippen LogP contribution in [0.4, 0.5) is 0 Å². The van der Waals surface area contributed by atoms with Crippen LogP contribution in [0.1, 0.15) is 32.4 Å². The number of ether oxygens (including phenoxy) is 2. The number of allylic oxidation sites excluding steroid dienone is 1. The molecule has 1 aliphatic rings. The predicted molar refractivity (Wildman–Crippen MR) is 108 cm³/mol. The molecule has 3 rings (SSSR count). The van der Waals surface area contributed by atoms with Gasteiger partial charge in [0.2, 0.25) is 0 Å². The molecular weight excluding hydrogens is 360 g/mol. The number of esters is 1. The molecule has 1 atom stereocenters. The predicted octanol–water partition coefficient (Wildman–Crippen LogP) is 4.22. The van der Waals surface area contributed by atoms with Gasteiger partial charge in [-0.05, 0) is 62.8 Å². The van der Waals surface area contributed by atoms with Gasteiger partial charge in [-0.15, -0.1) is 0 Å². The van der Waals surface area contributed by atoms with Crippen LogP contribution in [0.5, 0.6) is 11.5 Å². The fourth-order valence-electron chi connectivity index (χ4n) is 2.87. The zero-order chi connectivity index (χ0) is 19.4. The monoisotopic (exact) mass is 382 g/mol. The molecular formula is C21H22N2O3S. The second kappa shape index (κ2) is 8.22. The maximum atomic E-state index is 12.7. The Morgan fingerprint density at radius 3 is 2.48 bits per heavy atom. The van der Waals surface area contributed by atoms with E-state index in [1.54, 1.807) is 0 Å². The van der Waals surface area contributed by atoms with Crippen LogP contribution in [0.3, 0.4) is 0 Å². The Labute approximate surface area is 164 Å². The van der Waals surface area contributed by atoms with Crippen molar-refractivity contribution in [2.45, 2.75) is 32.9 Å². The molecule has 0 spiro atoms. The van der Waals surface area contributed by atoms with Gasteiger partial charge in [0.15, 0.2) is 5.11 Å². The van der Waals surface area contributed by atoms with Gasteiger partial charge >= 0.3 is 5.97 Å². The summed E-state index contributed by atoms with van der Waals surface area (Å²) in [5.74, 6) is 1.05. The van der Waals surface area contributed by atoms with Crippen LogP contribution in [0, 0.1) is 0 Å². The van der Waals surface area contributed by atoms with Gasteiger partial charge < -0.3 is 20.1 Å². The standard InChI is InChI=1S/C21H22N2O3S/c1-13(2)25-20(24)18-14(3)22-21(27)23-19(18)15-8-7-11-17(12-15)26-16-9-5-4-6-10-16/h4-13,19H,1-3H3,(H2,22,23,27). The van der Waals surface area contributed by atoms with Crippen molar-refractivity contribution >= 4 is 23.3 Å². The third kappa shape index (κ3) is 4.65. The van der Waals surface area contributed by atoms with Crippen LogP contribution in [0.2, 0.25) is 0 Å². The summed E-state index contributed by atoms with van der Waals surface area (Å²) in [6, 6.07) is 16.7. The number of carbonyl (C=O) groups excluding carboxylic acids is 1. The van der Waals surface area contributed by atoms with E-state index in [9.17, 15) is 4.79 Å². The minimum Gasteiger partial charge on any atom is -0.459 e. The number of para-hydroxylation sites is 1. The first-order valence-corrected chi connectivity index (χ1v) is 9.17. The molecule has 6 heteroatoms. The summed E-state index contributed by atoms with van der Waals surface area (Å²) in [6.07, 6.45) is -0.208. The van der Waals surface area contributed by atoms with E-state index in [-0.39, 0.29) is 12.1 Å². The molecule has 0 amide bonds. The first-order chi connectivity index (χ1) is 12.9. The molecule has 2 aromatic rings. The highest BCUT2D eigenvalue weighted by Gasteiger charge is 2.31. The largest absolute Gasteiger partial charge is 0.459 e. The summed E-state index contributed by atoms with van der Waals surface area (Å²) < 4.78 is 11.3. The summed E-state index contributed by atoms with van der Waals surface area (Å²) in [5.41, 5.74) is 2.06. The number of hydrogen-bond donors (Lipinski definition) is 2. The third-order valence-corrected chi connectivity index (χ3v) is 4.22. The van der Waals surface area contributed by atoms with Crippen LogP contribution >= 0.6 is 12.2 Å². The molecule has 2 N–H and O–H groups in total. The molecule has 0 saturated carbocycles. The zero-order valence-corrected chi connectivity index (χ0v) is 16.3. The van der Waals surface area contributed by atoms with Crippen molar-refractivity contribution in [2.24, 2.45) is 0 Å². The lowest BCUT2D eigenvalue weighted by Crippen LogP contribution is -2.45. The van der Waals surface area contributed by atoms with Crippen LogP contribution < -0.4 is 15.4 Å². The Morgan fingerprint density at radius 1 is 1.07 bits per heavy atom. The number of carbonyl (C=O) groups is 1. The minimum absolute atomic E-state index is 0.208. The van der Waals surface area contributed by atoms with E-state index in [0.29, 0.717) is 22.1 Å². The summed E-state index contributed by atoms with van der Waals surface area (Å²) >= 11 is 5.29. The fraction of sp³-hybridized carbons (Fsp3) is 0.238. The van der Waals surface area contributed by atoms with Gasteiger partial charge in [0.05, 0.1) is 17.7 Å². The molecule has 1 heterocycles. The number of benzene rings is 2. The number of rotatable bonds is 5. The molecule has 0 saturated heterocycles. The Hall–Kier alpha value is -2.86. The average Bonchev–Trinajstić information content (AvgIpc) is 2.61. The Bertz CT molecular complexity index is 878. The van der Waals surface area contributed by atoms with Crippen LogP contribution in [0.25, 0.3) is 0 Å². The number of hydrogen-bond acceptors (Lipinski definition) is 4. The van der Waals surface area contributed by atoms with E-state index in [1.165, 1.54) is 0 Å². The first-order valence-electron chi connectivity index (χ1n) is 8.76. The van der Waals surface area contributed by atoms with Crippen LogP contribution in [-0.4, -0.2) is 17.2 Å². The first kappa shape index (κ1) is 18.9. The van der Waals surface area contributed by atoms with Crippen molar-refractivity contribution in [2.75, 3.05) is 0 Å². The average molecular weight is 382 g/mol. The molecule has 0 bridgehead atoms. The van der Waals surface area contributed by atoms with E-state index < -0.39 is 6.04 Å². The summed E-state index contributed by atoms with van der Waals surface area (Å²) in [6.45, 7) is 5.47. The second-order valence-corrected chi connectivity index (χ2v) is 6.92. The van der Waals surface area contributed by atoms with Gasteiger partial charge in [0.25, 0.3) is 0 Å². The van der Waals surface area contributed by atoms with E-state index in [2.05, 4.69) is 10.6 Å². The molecule has 1 unspecified atom stereocenters. The molecule has 27 heavy (non-hydrogen) atoms. The highest BCUT2D eigenvalue weighted by atomic mass is 32.1. The quantitative estimate of drug-likeness (QED) is 0.596. The summed E-state index contributed by atoms with van der Waals surface area (Å²) in [5, 5.41) is 6.64. The molecule has 140 valence electrons. The van der Waals surface area contributed by atoms with Crippen LogP contribution in [0.15, 0.2) is 65.9 Å². The van der Waals surface area contributed by atoms with E-state index in [1.807, 2.05) is 75.4 Å². The van der Waals surface area contributed by atoms with Gasteiger partial charge in [-0.3, -0.25) is 0 Å². The molecule has 5 nitrogen and oxygen atoms in total. The van der Waals surface area contributed by atoms with Gasteiger partial charge in [-0.1, -0.05) is 30.3 Å². The smallest absolute Gasteiger partial charge is 0.338 e. The van der Waals surface area contributed by atoms with Gasteiger partial charge in [-0.25, -0.2) is 4.79 Å². The van der Waals surface area contributed by atoms with Crippen molar-refractivity contribution in [1.29, 1.82) is 0 Å². The number of nitrogens with one attached hydrogen (secondary N) is 2. The van der Waals surface area contributed by atoms with Crippen molar-refractivity contribution in [3.8, 4) is 11.5 Å². The second-order valence-electron chi connectivity index (χ2n) is 6.51. The zero-order valence-electron chi connectivity index (χ0n) is 15.5. The maximum Gasteiger partial charge on any atom is 0.338 e. The van der Waals surface area contributed by atoms with Gasteiger partial charge in [0.1, 0.15) is 11.5 Å². The normalized spacial score (nSPS) is 16.6. The Kier molecular flexibility index (Phi) is 5.76. The van der Waals surface area contributed by atoms with Gasteiger partial charge in [-0.2, -0.15) is 0 Å². The summed E-state index contributed by atoms with van der Waals surface area (Å²) in [7, 11) is 0. The number of thiocarbonyl (C=S) groups is 1. The van der Waals surface area contributed by atoms with Crippen LogP contribution in [-0.2, 0) is 9.53 Å². The van der Waals surface area contributed by atoms with Gasteiger partial charge in [0, 0.05) is 5.70 Å². The highest BCUT2D eigenvalue weighted by Crippen LogP contribution is 2.31. The fourth-order valence-corrected chi connectivity index (χ4v) is 3.15. The van der Waals surface area contributed by atoms with Crippen molar-refractivity contribution in [3.05, 3.63) is 71.4 Å². The lowest BCUT2D eigenvalue weighted by molar-refractivity contribution is -0.143. The van der Waals surface area contributed by atoms with Crippen molar-refractivity contribution < 1.29 is 14.3 Å². The molecule has 0 radical (unpaired) electrons. The molecule has 0 aliphatic carbocycles. The SMILES string of the molecule is CC1=C(C(=O)OC(C)C)C(c2cccc(Oc3ccccc3)c2)NC(=S)N1. The Balaban J connectivity index is 1.92. The van der Waals surface area contributed by atoms with E-state index >= 15 is 0 Å². The van der Waals surface area contributed by atoms with E-state index in [4.69, 9.17) is 21.7 Å². The molecule has 1 aliphatic heterocycles. The lowest BCUT2D eigenvalue weighted by atomic mass is 9.95. The summed E-state index contributed by atoms with van der Waals surface area (Å²) in [4.78, 5) is 12.7. The minimum atomic E-state index is -0.413. The molecule has 0 fully saturated rings. The molecule has 0 aromatic heterocycles. The highest BCUT2D eigenvalue weighted by molar-refractivity contribution is 7.80. The lowest BCUT2D eigenvalue weighted by Gasteiger charge is -2.30. The third-order valence-electron chi connectivity index (χ3n) is 4.00. The van der Waals surface area contributed by atoms with Crippen molar-refractivity contribution in [3.63, 3.8) is 0 Å². The maximum absolute atomic E-state index is 12.7. The van der Waals surface area contributed by atoms with E-state index in [0.717, 1.165) is 11.3 Å².